The SMILES string of the molecule is FC(F)(F)NCc1cc(Cc2ccccc2)cc2ccccc12. The topological polar surface area (TPSA) is 12.0 Å². The number of rotatable bonds is 4. The molecule has 1 N–H and O–H groups in total. The van der Waals surface area contributed by atoms with Crippen molar-refractivity contribution < 1.29 is 13.2 Å². The first-order valence-electron chi connectivity index (χ1n) is 7.37. The molecule has 3 aromatic rings. The summed E-state index contributed by atoms with van der Waals surface area (Å²) >= 11 is 0. The van der Waals surface area contributed by atoms with Crippen molar-refractivity contribution in [1.29, 1.82) is 0 Å². The zero-order valence-corrected chi connectivity index (χ0v) is 12.4. The van der Waals surface area contributed by atoms with Crippen molar-refractivity contribution in [3.8, 4) is 0 Å². The second kappa shape index (κ2) is 6.42. The van der Waals surface area contributed by atoms with Crippen LogP contribution in [0.4, 0.5) is 13.2 Å². The van der Waals surface area contributed by atoms with Crippen molar-refractivity contribution >= 4 is 10.8 Å². The van der Waals surface area contributed by atoms with Crippen LogP contribution in [0.3, 0.4) is 0 Å². The summed E-state index contributed by atoms with van der Waals surface area (Å²) in [6, 6.07) is 21.3. The molecule has 0 saturated carbocycles. The van der Waals surface area contributed by atoms with Gasteiger partial charge in [0.15, 0.2) is 0 Å². The Kier molecular flexibility index (Phi) is 4.35. The number of alkyl halides is 3. The van der Waals surface area contributed by atoms with Gasteiger partial charge in [-0.3, -0.25) is 0 Å². The second-order valence-electron chi connectivity index (χ2n) is 5.49. The van der Waals surface area contributed by atoms with Crippen molar-refractivity contribution in [3.63, 3.8) is 0 Å². The molecule has 3 aromatic carbocycles. The molecule has 118 valence electrons. The van der Waals surface area contributed by atoms with Gasteiger partial charge in [0.25, 0.3) is 0 Å². The summed E-state index contributed by atoms with van der Waals surface area (Å²) in [4.78, 5) is 0. The molecule has 0 saturated heterocycles. The van der Waals surface area contributed by atoms with Gasteiger partial charge in [0.05, 0.1) is 0 Å². The van der Waals surface area contributed by atoms with Crippen molar-refractivity contribution in [2.45, 2.75) is 19.3 Å². The molecule has 0 fully saturated rings. The molecule has 0 radical (unpaired) electrons. The summed E-state index contributed by atoms with van der Waals surface area (Å²) in [5.41, 5.74) is 2.80. The summed E-state index contributed by atoms with van der Waals surface area (Å²) in [5.74, 6) is 0. The average molecular weight is 315 g/mol. The smallest absolute Gasteiger partial charge is 0.224 e. The normalized spacial score (nSPS) is 11.8. The Morgan fingerprint density at radius 1 is 0.783 bits per heavy atom. The lowest BCUT2D eigenvalue weighted by molar-refractivity contribution is -0.158. The van der Waals surface area contributed by atoms with Gasteiger partial charge in [-0.05, 0) is 33.9 Å². The molecular weight excluding hydrogens is 299 g/mol. The van der Waals surface area contributed by atoms with E-state index in [0.29, 0.717) is 12.0 Å². The van der Waals surface area contributed by atoms with Crippen LogP contribution in [0.25, 0.3) is 10.8 Å². The molecule has 0 amide bonds. The van der Waals surface area contributed by atoms with Gasteiger partial charge in [-0.25, -0.2) is 5.32 Å². The lowest BCUT2D eigenvalue weighted by Gasteiger charge is -2.13. The minimum absolute atomic E-state index is 0.230. The third-order valence-corrected chi connectivity index (χ3v) is 3.74. The molecule has 1 nitrogen and oxygen atoms in total. The Hall–Kier alpha value is -2.33. The van der Waals surface area contributed by atoms with E-state index < -0.39 is 6.30 Å². The minimum atomic E-state index is -4.38. The predicted octanol–water partition coefficient (Wildman–Crippen LogP) is 5.04. The second-order valence-corrected chi connectivity index (χ2v) is 5.49. The maximum absolute atomic E-state index is 12.5. The fourth-order valence-electron chi connectivity index (χ4n) is 2.73. The molecule has 4 heteroatoms. The number of benzene rings is 3. The van der Waals surface area contributed by atoms with E-state index in [-0.39, 0.29) is 6.54 Å². The molecule has 0 heterocycles. The highest BCUT2D eigenvalue weighted by Crippen LogP contribution is 2.24. The molecule has 0 bridgehead atoms. The standard InChI is InChI=1S/C19H16F3N/c20-19(21,22)23-13-17-12-15(10-14-6-2-1-3-7-14)11-16-8-4-5-9-18(16)17/h1-9,11-12,23H,10,13H2. The van der Waals surface area contributed by atoms with Crippen LogP contribution < -0.4 is 5.32 Å². The largest absolute Gasteiger partial charge is 0.457 e. The molecule has 0 spiro atoms. The van der Waals surface area contributed by atoms with E-state index >= 15 is 0 Å². The summed E-state index contributed by atoms with van der Waals surface area (Å²) in [6.45, 7) is -0.230. The molecular formula is C19H16F3N. The molecule has 0 unspecified atom stereocenters. The van der Waals surface area contributed by atoms with Gasteiger partial charge in [0.1, 0.15) is 0 Å². The van der Waals surface area contributed by atoms with Gasteiger partial charge in [0, 0.05) is 6.54 Å². The van der Waals surface area contributed by atoms with Crippen LogP contribution in [0.5, 0.6) is 0 Å². The third-order valence-electron chi connectivity index (χ3n) is 3.74. The maximum Gasteiger partial charge on any atom is 0.457 e. The molecule has 0 aliphatic carbocycles. The Labute approximate surface area is 132 Å². The average Bonchev–Trinajstić information content (AvgIpc) is 2.53. The van der Waals surface area contributed by atoms with E-state index in [9.17, 15) is 13.2 Å². The van der Waals surface area contributed by atoms with E-state index in [2.05, 4.69) is 0 Å². The Bertz CT molecular complexity index is 795. The first kappa shape index (κ1) is 15.6. The summed E-state index contributed by atoms with van der Waals surface area (Å²) in [7, 11) is 0. The summed E-state index contributed by atoms with van der Waals surface area (Å²) in [5, 5.41) is 3.43. The fourth-order valence-corrected chi connectivity index (χ4v) is 2.73. The van der Waals surface area contributed by atoms with E-state index in [1.165, 1.54) is 0 Å². The molecule has 0 aliphatic heterocycles. The van der Waals surface area contributed by atoms with Crippen LogP contribution >= 0.6 is 0 Å². The maximum atomic E-state index is 12.5. The Morgan fingerprint density at radius 2 is 1.48 bits per heavy atom. The first-order valence-corrected chi connectivity index (χ1v) is 7.37. The molecule has 0 aromatic heterocycles. The number of nitrogens with one attached hydrogen (secondary N) is 1. The predicted molar refractivity (Wildman–Crippen MR) is 86.1 cm³/mol. The summed E-state index contributed by atoms with van der Waals surface area (Å²) in [6.07, 6.45) is -3.68. The molecule has 0 atom stereocenters. The highest BCUT2D eigenvalue weighted by atomic mass is 19.4. The van der Waals surface area contributed by atoms with Gasteiger partial charge < -0.3 is 0 Å². The van der Waals surface area contributed by atoms with Crippen molar-refractivity contribution in [3.05, 3.63) is 83.4 Å². The lowest BCUT2D eigenvalue weighted by atomic mass is 9.97. The fraction of sp³-hybridized carbons (Fsp3) is 0.158. The zero-order valence-electron chi connectivity index (χ0n) is 12.4. The van der Waals surface area contributed by atoms with Gasteiger partial charge in [0.2, 0.25) is 0 Å². The highest BCUT2D eigenvalue weighted by molar-refractivity contribution is 5.86. The van der Waals surface area contributed by atoms with Gasteiger partial charge >= 0.3 is 6.30 Å². The van der Waals surface area contributed by atoms with Crippen molar-refractivity contribution in [1.82, 2.24) is 5.32 Å². The number of hydrogen-bond donors (Lipinski definition) is 1. The zero-order chi connectivity index (χ0) is 16.3. The van der Waals surface area contributed by atoms with Crippen LogP contribution in [0.15, 0.2) is 66.7 Å². The Balaban J connectivity index is 1.96. The van der Waals surface area contributed by atoms with Crippen molar-refractivity contribution in [2.24, 2.45) is 0 Å². The van der Waals surface area contributed by atoms with Gasteiger partial charge in [-0.1, -0.05) is 66.7 Å². The number of halogens is 3. The van der Waals surface area contributed by atoms with Crippen molar-refractivity contribution in [2.75, 3.05) is 0 Å². The van der Waals surface area contributed by atoms with Gasteiger partial charge in [-0.15, -0.1) is 0 Å². The quantitative estimate of drug-likeness (QED) is 0.665. The van der Waals surface area contributed by atoms with Crippen LogP contribution in [-0.4, -0.2) is 6.30 Å². The van der Waals surface area contributed by atoms with Crippen LogP contribution in [0, 0.1) is 0 Å². The minimum Gasteiger partial charge on any atom is -0.224 e. The third kappa shape index (κ3) is 4.11. The Morgan fingerprint density at radius 3 is 2.22 bits per heavy atom. The van der Waals surface area contributed by atoms with E-state index in [1.54, 1.807) is 5.32 Å². The van der Waals surface area contributed by atoms with E-state index in [0.717, 1.165) is 21.9 Å². The van der Waals surface area contributed by atoms with Crippen LogP contribution in [0.1, 0.15) is 16.7 Å². The van der Waals surface area contributed by atoms with Gasteiger partial charge in [-0.2, -0.15) is 13.2 Å². The van der Waals surface area contributed by atoms with Crippen LogP contribution in [0.2, 0.25) is 0 Å². The molecule has 3 rings (SSSR count). The monoisotopic (exact) mass is 315 g/mol. The molecule has 0 aliphatic rings. The first-order chi connectivity index (χ1) is 11.0. The van der Waals surface area contributed by atoms with Crippen LogP contribution in [-0.2, 0) is 13.0 Å². The highest BCUT2D eigenvalue weighted by Gasteiger charge is 2.26. The number of hydrogen-bond acceptors (Lipinski definition) is 1. The lowest BCUT2D eigenvalue weighted by Crippen LogP contribution is -2.30. The number of fused-ring (bicyclic) bond motifs is 1. The van der Waals surface area contributed by atoms with E-state index in [1.807, 2.05) is 66.7 Å². The summed E-state index contributed by atoms with van der Waals surface area (Å²) < 4.78 is 37.4. The van der Waals surface area contributed by atoms with E-state index in [4.69, 9.17) is 0 Å². The molecule has 23 heavy (non-hydrogen) atoms.